The van der Waals surface area contributed by atoms with Crippen LogP contribution >= 0.6 is 23.1 Å². The quantitative estimate of drug-likeness (QED) is 0.475. The zero-order chi connectivity index (χ0) is 19.2. The van der Waals surface area contributed by atoms with Gasteiger partial charge in [0.1, 0.15) is 6.61 Å². The second-order valence-corrected chi connectivity index (χ2v) is 9.32. The Hall–Kier alpha value is -2.05. The summed E-state index contributed by atoms with van der Waals surface area (Å²) in [6.45, 7) is 2.51. The average Bonchev–Trinajstić information content (AvgIpc) is 3.14. The third kappa shape index (κ3) is 5.26. The van der Waals surface area contributed by atoms with Crippen molar-refractivity contribution in [1.29, 1.82) is 0 Å². The molecule has 1 saturated carbocycles. The van der Waals surface area contributed by atoms with Crippen molar-refractivity contribution >= 4 is 34.0 Å². The molecule has 2 heterocycles. The van der Waals surface area contributed by atoms with Gasteiger partial charge in [-0.1, -0.05) is 49.6 Å². The first-order chi connectivity index (χ1) is 13.8. The average molecular weight is 412 g/mol. The summed E-state index contributed by atoms with van der Waals surface area (Å²) in [5, 5.41) is 6.88. The molecule has 0 saturated heterocycles. The van der Waals surface area contributed by atoms with Crippen molar-refractivity contribution < 1.29 is 4.74 Å². The Labute approximate surface area is 174 Å². The smallest absolute Gasteiger partial charge is 0.188 e. The molecule has 3 aromatic rings. The van der Waals surface area contributed by atoms with Gasteiger partial charge in [0.15, 0.2) is 16.7 Å². The molecule has 0 bridgehead atoms. The van der Waals surface area contributed by atoms with Crippen LogP contribution in [-0.2, 0) is 6.61 Å². The van der Waals surface area contributed by atoms with Crippen molar-refractivity contribution in [2.75, 3.05) is 5.32 Å². The molecule has 1 aliphatic rings. The molecular formula is C22H25N3OS2. The predicted octanol–water partition coefficient (Wildman–Crippen LogP) is 6.59. The molecule has 0 unspecified atom stereocenters. The van der Waals surface area contributed by atoms with Crippen LogP contribution in [0, 0.1) is 6.92 Å². The highest BCUT2D eigenvalue weighted by Gasteiger charge is 2.17. The normalized spacial score (nSPS) is 14.8. The minimum absolute atomic E-state index is 0.519. The van der Waals surface area contributed by atoms with E-state index in [1.807, 2.05) is 48.5 Å². The van der Waals surface area contributed by atoms with E-state index in [-0.39, 0.29) is 0 Å². The van der Waals surface area contributed by atoms with E-state index in [4.69, 9.17) is 4.74 Å². The summed E-state index contributed by atoms with van der Waals surface area (Å²) in [5.41, 5.74) is 2.15. The Balaban J connectivity index is 1.53. The number of thiazole rings is 1. The van der Waals surface area contributed by atoms with E-state index < -0.39 is 0 Å². The Morgan fingerprint density at radius 2 is 2.00 bits per heavy atom. The maximum atomic E-state index is 6.17. The molecule has 0 amide bonds. The van der Waals surface area contributed by atoms with Gasteiger partial charge in [0, 0.05) is 21.7 Å². The summed E-state index contributed by atoms with van der Waals surface area (Å²) < 4.78 is 6.17. The van der Waals surface area contributed by atoms with Crippen LogP contribution in [0.1, 0.15) is 43.4 Å². The standard InChI is InChI=1S/C22H25N3OS2/c1-16-15-27-22(24-16)25-21-20(26-14-17-8-4-2-5-9-17)12-19(13-23-21)28-18-10-6-3-7-11-18/h2,4-5,8-9,12-13,15,18H,3,6-7,10-11,14H2,1H3,(H,23,24,25). The van der Waals surface area contributed by atoms with Crippen molar-refractivity contribution in [3.05, 3.63) is 59.2 Å². The monoisotopic (exact) mass is 411 g/mol. The lowest BCUT2D eigenvalue weighted by Crippen LogP contribution is -2.08. The van der Waals surface area contributed by atoms with Crippen LogP contribution in [0.3, 0.4) is 0 Å². The molecule has 1 aromatic carbocycles. The lowest BCUT2D eigenvalue weighted by atomic mass is 10.0. The molecule has 146 valence electrons. The largest absolute Gasteiger partial charge is 0.485 e. The van der Waals surface area contributed by atoms with E-state index in [1.54, 1.807) is 11.3 Å². The summed E-state index contributed by atoms with van der Waals surface area (Å²) in [7, 11) is 0. The van der Waals surface area contributed by atoms with Crippen molar-refractivity contribution in [3.63, 3.8) is 0 Å². The minimum Gasteiger partial charge on any atom is -0.485 e. The van der Waals surface area contributed by atoms with Crippen molar-refractivity contribution in [1.82, 2.24) is 9.97 Å². The second-order valence-electron chi connectivity index (χ2n) is 7.09. The zero-order valence-electron chi connectivity index (χ0n) is 16.1. The highest BCUT2D eigenvalue weighted by atomic mass is 32.2. The number of benzene rings is 1. The van der Waals surface area contributed by atoms with E-state index in [0.717, 1.165) is 28.0 Å². The van der Waals surface area contributed by atoms with Gasteiger partial charge in [0.25, 0.3) is 0 Å². The Bertz CT molecular complexity index is 892. The fourth-order valence-electron chi connectivity index (χ4n) is 3.32. The third-order valence-electron chi connectivity index (χ3n) is 4.76. The first-order valence-corrected chi connectivity index (χ1v) is 11.5. The van der Waals surface area contributed by atoms with Crippen LogP contribution in [0.5, 0.6) is 5.75 Å². The van der Waals surface area contributed by atoms with Gasteiger partial charge in [-0.2, -0.15) is 0 Å². The van der Waals surface area contributed by atoms with E-state index in [2.05, 4.69) is 33.5 Å². The van der Waals surface area contributed by atoms with Gasteiger partial charge >= 0.3 is 0 Å². The number of hydrogen-bond acceptors (Lipinski definition) is 6. The lowest BCUT2D eigenvalue weighted by Gasteiger charge is -2.21. The van der Waals surface area contributed by atoms with Gasteiger partial charge in [0.2, 0.25) is 0 Å². The number of pyridine rings is 1. The number of nitrogens with zero attached hydrogens (tertiary/aromatic N) is 2. The molecule has 0 aliphatic heterocycles. The fraction of sp³-hybridized carbons (Fsp3) is 0.364. The molecule has 1 N–H and O–H groups in total. The first kappa shape index (κ1) is 19.3. The van der Waals surface area contributed by atoms with Crippen molar-refractivity contribution in [3.8, 4) is 5.75 Å². The Morgan fingerprint density at radius 3 is 2.75 bits per heavy atom. The van der Waals surface area contributed by atoms with Crippen molar-refractivity contribution in [2.45, 2.75) is 55.8 Å². The zero-order valence-corrected chi connectivity index (χ0v) is 17.7. The number of aromatic nitrogens is 2. The van der Waals surface area contributed by atoms with Crippen LogP contribution in [0.2, 0.25) is 0 Å². The highest BCUT2D eigenvalue weighted by Crippen LogP contribution is 2.37. The molecule has 2 aromatic heterocycles. The molecule has 0 radical (unpaired) electrons. The third-order valence-corrected chi connectivity index (χ3v) is 6.94. The number of rotatable bonds is 7. The number of nitrogens with one attached hydrogen (secondary N) is 1. The number of hydrogen-bond donors (Lipinski definition) is 1. The first-order valence-electron chi connectivity index (χ1n) is 9.79. The van der Waals surface area contributed by atoms with Gasteiger partial charge in [-0.05, 0) is 31.4 Å². The maximum Gasteiger partial charge on any atom is 0.188 e. The Kier molecular flexibility index (Phi) is 6.49. The van der Waals surface area contributed by atoms with E-state index in [0.29, 0.717) is 11.9 Å². The Morgan fingerprint density at radius 1 is 1.18 bits per heavy atom. The van der Waals surface area contributed by atoms with Crippen LogP contribution in [0.15, 0.2) is 52.9 Å². The van der Waals surface area contributed by atoms with E-state index in [1.165, 1.54) is 37.0 Å². The highest BCUT2D eigenvalue weighted by molar-refractivity contribution is 8.00. The molecule has 1 fully saturated rings. The van der Waals surface area contributed by atoms with Gasteiger partial charge in [-0.3, -0.25) is 0 Å². The lowest BCUT2D eigenvalue weighted by molar-refractivity contribution is 0.306. The minimum atomic E-state index is 0.519. The molecule has 4 rings (SSSR count). The summed E-state index contributed by atoms with van der Waals surface area (Å²) in [6, 6.07) is 12.4. The number of thioether (sulfide) groups is 1. The molecular weight excluding hydrogens is 386 g/mol. The van der Waals surface area contributed by atoms with E-state index >= 15 is 0 Å². The van der Waals surface area contributed by atoms with E-state index in [9.17, 15) is 0 Å². The topological polar surface area (TPSA) is 47.0 Å². The predicted molar refractivity (Wildman–Crippen MR) is 118 cm³/mol. The molecule has 0 atom stereocenters. The van der Waals surface area contributed by atoms with Gasteiger partial charge < -0.3 is 10.1 Å². The molecule has 0 spiro atoms. The van der Waals surface area contributed by atoms with Gasteiger partial charge in [0.05, 0.1) is 5.69 Å². The number of anilines is 2. The van der Waals surface area contributed by atoms with Crippen LogP contribution in [-0.4, -0.2) is 15.2 Å². The summed E-state index contributed by atoms with van der Waals surface area (Å²) >= 11 is 3.51. The summed E-state index contributed by atoms with van der Waals surface area (Å²) in [4.78, 5) is 10.3. The summed E-state index contributed by atoms with van der Waals surface area (Å²) in [6.07, 6.45) is 8.60. The van der Waals surface area contributed by atoms with Crippen molar-refractivity contribution in [2.24, 2.45) is 0 Å². The maximum absolute atomic E-state index is 6.17. The molecule has 28 heavy (non-hydrogen) atoms. The van der Waals surface area contributed by atoms with Crippen LogP contribution in [0.25, 0.3) is 0 Å². The molecule has 6 heteroatoms. The van der Waals surface area contributed by atoms with Crippen LogP contribution < -0.4 is 10.1 Å². The molecule has 4 nitrogen and oxygen atoms in total. The molecule has 1 aliphatic carbocycles. The summed E-state index contributed by atoms with van der Waals surface area (Å²) in [5.74, 6) is 1.50. The van der Waals surface area contributed by atoms with Crippen LogP contribution in [0.4, 0.5) is 10.9 Å². The number of aryl methyl sites for hydroxylation is 1. The SMILES string of the molecule is Cc1csc(Nc2ncc(SC3CCCCC3)cc2OCc2ccccc2)n1. The fourth-order valence-corrected chi connectivity index (χ4v) is 5.25. The second kappa shape index (κ2) is 9.43. The van der Waals surface area contributed by atoms with Gasteiger partial charge in [-0.25, -0.2) is 9.97 Å². The van der Waals surface area contributed by atoms with Gasteiger partial charge in [-0.15, -0.1) is 23.1 Å². The number of ether oxygens (including phenoxy) is 1.